The number of carbonyl (C=O) groups is 2. The molecule has 30 heavy (non-hydrogen) atoms. The van der Waals surface area contributed by atoms with Gasteiger partial charge < -0.3 is 15.0 Å². The molecule has 5 nitrogen and oxygen atoms in total. The molecular weight excluding hydrogens is 376 g/mol. The van der Waals surface area contributed by atoms with Crippen LogP contribution in [0, 0.1) is 13.8 Å². The summed E-state index contributed by atoms with van der Waals surface area (Å²) in [6.07, 6.45) is 1.52. The molecule has 2 aromatic rings. The van der Waals surface area contributed by atoms with Crippen LogP contribution >= 0.6 is 0 Å². The number of hydrogen-bond acceptors (Lipinski definition) is 3. The Labute approximate surface area is 180 Å². The van der Waals surface area contributed by atoms with Crippen molar-refractivity contribution >= 4 is 11.8 Å². The van der Waals surface area contributed by atoms with Crippen molar-refractivity contribution in [1.82, 2.24) is 10.2 Å². The van der Waals surface area contributed by atoms with Gasteiger partial charge in [-0.3, -0.25) is 9.59 Å². The lowest BCUT2D eigenvalue weighted by atomic mass is 10.1. The van der Waals surface area contributed by atoms with Gasteiger partial charge in [-0.1, -0.05) is 49.4 Å². The third-order valence-corrected chi connectivity index (χ3v) is 5.35. The molecule has 1 N–H and O–H groups in total. The number of ether oxygens (including phenoxy) is 1. The Morgan fingerprint density at radius 1 is 1.07 bits per heavy atom. The third-order valence-electron chi connectivity index (χ3n) is 5.35. The van der Waals surface area contributed by atoms with Crippen LogP contribution < -0.4 is 10.1 Å². The molecule has 2 amide bonds. The highest BCUT2D eigenvalue weighted by Gasteiger charge is 2.26. The lowest BCUT2D eigenvalue weighted by Crippen LogP contribution is -2.51. The van der Waals surface area contributed by atoms with Gasteiger partial charge in [0, 0.05) is 12.6 Å². The summed E-state index contributed by atoms with van der Waals surface area (Å²) in [5.41, 5.74) is 3.18. The van der Waals surface area contributed by atoms with E-state index in [2.05, 4.69) is 5.32 Å². The van der Waals surface area contributed by atoms with Crippen molar-refractivity contribution in [3.8, 4) is 5.75 Å². The van der Waals surface area contributed by atoms with Crippen molar-refractivity contribution < 1.29 is 14.3 Å². The molecule has 162 valence electrons. The first-order chi connectivity index (χ1) is 14.3. The summed E-state index contributed by atoms with van der Waals surface area (Å²) >= 11 is 0. The fraction of sp³-hybridized carbons (Fsp3) is 0.440. The van der Waals surface area contributed by atoms with Crippen molar-refractivity contribution in [3.05, 3.63) is 65.2 Å². The van der Waals surface area contributed by atoms with Crippen LogP contribution in [0.25, 0.3) is 0 Å². The molecular formula is C25H34N2O3. The van der Waals surface area contributed by atoms with E-state index in [1.165, 1.54) is 0 Å². The van der Waals surface area contributed by atoms with Gasteiger partial charge in [-0.15, -0.1) is 0 Å². The van der Waals surface area contributed by atoms with Crippen LogP contribution in [0.4, 0.5) is 0 Å². The van der Waals surface area contributed by atoms with Crippen molar-refractivity contribution in [2.75, 3.05) is 13.2 Å². The van der Waals surface area contributed by atoms with Crippen LogP contribution in [0.2, 0.25) is 0 Å². The van der Waals surface area contributed by atoms with Gasteiger partial charge in [0.2, 0.25) is 5.91 Å². The highest BCUT2D eigenvalue weighted by molar-refractivity contribution is 5.88. The Morgan fingerprint density at radius 2 is 1.77 bits per heavy atom. The maximum absolute atomic E-state index is 13.1. The van der Waals surface area contributed by atoms with Gasteiger partial charge in [0.25, 0.3) is 5.91 Å². The average molecular weight is 411 g/mol. The fourth-order valence-corrected chi connectivity index (χ4v) is 3.12. The van der Waals surface area contributed by atoms with Gasteiger partial charge in [0.15, 0.2) is 6.61 Å². The molecule has 0 aliphatic rings. The highest BCUT2D eigenvalue weighted by Crippen LogP contribution is 2.19. The average Bonchev–Trinajstić information content (AvgIpc) is 2.74. The molecule has 0 bridgehead atoms. The van der Waals surface area contributed by atoms with Gasteiger partial charge in [0.05, 0.1) is 0 Å². The van der Waals surface area contributed by atoms with Crippen molar-refractivity contribution in [1.29, 1.82) is 0 Å². The van der Waals surface area contributed by atoms with E-state index in [-0.39, 0.29) is 24.5 Å². The number of rotatable bonds is 10. The topological polar surface area (TPSA) is 58.6 Å². The number of benzene rings is 2. The fourth-order valence-electron chi connectivity index (χ4n) is 3.12. The first kappa shape index (κ1) is 23.5. The zero-order valence-corrected chi connectivity index (χ0v) is 18.8. The second kappa shape index (κ2) is 11.4. The van der Waals surface area contributed by atoms with Crippen LogP contribution in [0.3, 0.4) is 0 Å². The van der Waals surface area contributed by atoms with Crippen LogP contribution in [0.1, 0.15) is 43.9 Å². The van der Waals surface area contributed by atoms with E-state index < -0.39 is 6.04 Å². The molecule has 0 saturated carbocycles. The first-order valence-corrected chi connectivity index (χ1v) is 10.7. The van der Waals surface area contributed by atoms with Gasteiger partial charge in [0.1, 0.15) is 11.8 Å². The van der Waals surface area contributed by atoms with Gasteiger partial charge in [-0.2, -0.15) is 0 Å². The molecule has 0 fully saturated rings. The molecule has 0 aliphatic heterocycles. The molecule has 0 heterocycles. The van der Waals surface area contributed by atoms with E-state index >= 15 is 0 Å². The number of hydrogen-bond donors (Lipinski definition) is 1. The minimum atomic E-state index is -0.572. The van der Waals surface area contributed by atoms with Gasteiger partial charge in [-0.25, -0.2) is 0 Å². The van der Waals surface area contributed by atoms with Crippen LogP contribution in [0.5, 0.6) is 5.75 Å². The quantitative estimate of drug-likeness (QED) is 0.643. The second-order valence-corrected chi connectivity index (χ2v) is 7.87. The Kier molecular flexibility index (Phi) is 8.90. The predicted octanol–water partition coefficient (Wildman–Crippen LogP) is 4.06. The third kappa shape index (κ3) is 6.90. The van der Waals surface area contributed by atoms with E-state index in [1.54, 1.807) is 11.8 Å². The first-order valence-electron chi connectivity index (χ1n) is 10.7. The molecule has 0 saturated heterocycles. The van der Waals surface area contributed by atoms with Crippen molar-refractivity contribution in [2.45, 2.75) is 59.5 Å². The summed E-state index contributed by atoms with van der Waals surface area (Å²) in [7, 11) is 0. The number of carbonyl (C=O) groups excluding carboxylic acids is 2. The highest BCUT2D eigenvalue weighted by atomic mass is 16.5. The van der Waals surface area contributed by atoms with Crippen molar-refractivity contribution in [3.63, 3.8) is 0 Å². The number of nitrogens with one attached hydrogen (secondary N) is 1. The molecule has 2 atom stereocenters. The lowest BCUT2D eigenvalue weighted by molar-refractivity contribution is -0.141. The van der Waals surface area contributed by atoms with Crippen molar-refractivity contribution in [2.24, 2.45) is 0 Å². The normalized spacial score (nSPS) is 12.7. The van der Waals surface area contributed by atoms with Gasteiger partial charge >= 0.3 is 0 Å². The van der Waals surface area contributed by atoms with E-state index in [1.807, 2.05) is 76.2 Å². The summed E-state index contributed by atoms with van der Waals surface area (Å²) in [5, 5.41) is 2.98. The van der Waals surface area contributed by atoms with Crippen LogP contribution in [-0.2, 0) is 16.0 Å². The van der Waals surface area contributed by atoms with E-state index in [0.717, 1.165) is 23.1 Å². The molecule has 0 aliphatic carbocycles. The van der Waals surface area contributed by atoms with Crippen LogP contribution in [-0.4, -0.2) is 41.9 Å². The minimum Gasteiger partial charge on any atom is -0.483 e. The predicted molar refractivity (Wildman–Crippen MR) is 121 cm³/mol. The Morgan fingerprint density at radius 3 is 2.43 bits per heavy atom. The number of aryl methyl sites for hydroxylation is 2. The second-order valence-electron chi connectivity index (χ2n) is 7.87. The Bertz CT molecular complexity index is 836. The maximum atomic E-state index is 13.1. The number of nitrogens with zero attached hydrogens (tertiary/aromatic N) is 1. The zero-order valence-electron chi connectivity index (χ0n) is 18.8. The Balaban J connectivity index is 2.10. The molecule has 0 radical (unpaired) electrons. The Hall–Kier alpha value is -2.82. The maximum Gasteiger partial charge on any atom is 0.261 e. The summed E-state index contributed by atoms with van der Waals surface area (Å²) in [6, 6.07) is 15.4. The molecule has 0 spiro atoms. The SMILES string of the molecule is CC[C@@H](C)NC(=O)[C@H](C)N(CCc1ccccc1)C(=O)COc1cc(C)ccc1C. The standard InChI is InChI=1S/C25H34N2O3/c1-6-20(4)26-25(29)21(5)27(15-14-22-10-8-7-9-11-22)24(28)17-30-23-16-18(2)12-13-19(23)3/h7-13,16,20-21H,6,14-15,17H2,1-5H3,(H,26,29)/t20-,21+/m1/s1. The molecule has 5 heteroatoms. The number of amides is 2. The van der Waals surface area contributed by atoms with E-state index in [9.17, 15) is 9.59 Å². The molecule has 2 rings (SSSR count). The molecule has 0 unspecified atom stereocenters. The smallest absolute Gasteiger partial charge is 0.261 e. The van der Waals surface area contributed by atoms with E-state index in [0.29, 0.717) is 18.7 Å². The summed E-state index contributed by atoms with van der Waals surface area (Å²) in [5.74, 6) is 0.360. The zero-order chi connectivity index (χ0) is 22.1. The minimum absolute atomic E-state index is 0.0669. The largest absolute Gasteiger partial charge is 0.483 e. The van der Waals surface area contributed by atoms with Gasteiger partial charge in [-0.05, 0) is 63.3 Å². The lowest BCUT2D eigenvalue weighted by Gasteiger charge is -2.29. The molecule has 2 aromatic carbocycles. The summed E-state index contributed by atoms with van der Waals surface area (Å²) < 4.78 is 5.82. The monoisotopic (exact) mass is 410 g/mol. The summed E-state index contributed by atoms with van der Waals surface area (Å²) in [6.45, 7) is 10.1. The summed E-state index contributed by atoms with van der Waals surface area (Å²) in [4.78, 5) is 27.4. The van der Waals surface area contributed by atoms with Crippen LogP contribution in [0.15, 0.2) is 48.5 Å². The molecule has 0 aromatic heterocycles. The van der Waals surface area contributed by atoms with E-state index in [4.69, 9.17) is 4.74 Å².